The third-order valence-electron chi connectivity index (χ3n) is 4.19. The fourth-order valence-electron chi connectivity index (χ4n) is 2.90. The number of aromatic nitrogens is 1. The normalized spacial score (nSPS) is 18.8. The van der Waals surface area contributed by atoms with Gasteiger partial charge in [0.25, 0.3) is 0 Å². The van der Waals surface area contributed by atoms with Gasteiger partial charge in [-0.2, -0.15) is 0 Å². The summed E-state index contributed by atoms with van der Waals surface area (Å²) in [7, 11) is 1.94. The molecule has 118 valence electrons. The topological polar surface area (TPSA) is 31.4 Å². The SMILES string of the molecule is CCCN1CCN(CCC(NC)c2ccc(F)cn2)CC1. The molecule has 0 radical (unpaired) electrons. The van der Waals surface area contributed by atoms with Gasteiger partial charge < -0.3 is 15.1 Å². The van der Waals surface area contributed by atoms with Gasteiger partial charge in [0.2, 0.25) is 0 Å². The highest BCUT2D eigenvalue weighted by Crippen LogP contribution is 2.15. The van der Waals surface area contributed by atoms with Gasteiger partial charge in [-0.1, -0.05) is 6.92 Å². The molecule has 1 saturated heterocycles. The smallest absolute Gasteiger partial charge is 0.141 e. The molecule has 2 rings (SSSR count). The molecule has 1 aliphatic rings. The Kier molecular flexibility index (Phi) is 6.54. The van der Waals surface area contributed by atoms with Crippen molar-refractivity contribution >= 4 is 0 Å². The first-order chi connectivity index (χ1) is 10.2. The molecule has 0 aliphatic carbocycles. The predicted molar refractivity (Wildman–Crippen MR) is 83.8 cm³/mol. The van der Waals surface area contributed by atoms with E-state index in [-0.39, 0.29) is 11.9 Å². The first kappa shape index (κ1) is 16.3. The third-order valence-corrected chi connectivity index (χ3v) is 4.19. The summed E-state index contributed by atoms with van der Waals surface area (Å²) in [5.74, 6) is -0.277. The van der Waals surface area contributed by atoms with E-state index in [1.807, 2.05) is 7.05 Å². The van der Waals surface area contributed by atoms with Crippen molar-refractivity contribution < 1.29 is 4.39 Å². The molecule has 1 unspecified atom stereocenters. The minimum absolute atomic E-state index is 0.194. The number of hydrogen-bond donors (Lipinski definition) is 1. The Bertz CT molecular complexity index is 401. The Labute approximate surface area is 127 Å². The van der Waals surface area contributed by atoms with E-state index >= 15 is 0 Å². The number of nitrogens with zero attached hydrogens (tertiary/aromatic N) is 3. The molecular formula is C16H27FN4. The second-order valence-electron chi connectivity index (χ2n) is 5.71. The second-order valence-corrected chi connectivity index (χ2v) is 5.71. The Morgan fingerprint density at radius 3 is 2.38 bits per heavy atom. The van der Waals surface area contributed by atoms with Crippen LogP contribution in [0.4, 0.5) is 4.39 Å². The molecule has 4 nitrogen and oxygen atoms in total. The minimum atomic E-state index is -0.277. The fourth-order valence-corrected chi connectivity index (χ4v) is 2.90. The van der Waals surface area contributed by atoms with Crippen LogP contribution in [0.5, 0.6) is 0 Å². The summed E-state index contributed by atoms with van der Waals surface area (Å²) >= 11 is 0. The van der Waals surface area contributed by atoms with Crippen molar-refractivity contribution in [2.24, 2.45) is 0 Å². The van der Waals surface area contributed by atoms with Crippen LogP contribution in [0.15, 0.2) is 18.3 Å². The highest BCUT2D eigenvalue weighted by molar-refractivity contribution is 5.09. The molecule has 5 heteroatoms. The molecule has 1 fully saturated rings. The van der Waals surface area contributed by atoms with Crippen molar-refractivity contribution in [1.29, 1.82) is 0 Å². The highest BCUT2D eigenvalue weighted by atomic mass is 19.1. The van der Waals surface area contributed by atoms with Gasteiger partial charge in [-0.25, -0.2) is 4.39 Å². The number of hydrogen-bond acceptors (Lipinski definition) is 4. The fraction of sp³-hybridized carbons (Fsp3) is 0.688. The summed E-state index contributed by atoms with van der Waals surface area (Å²) in [6.07, 6.45) is 3.53. The van der Waals surface area contributed by atoms with E-state index in [0.29, 0.717) is 0 Å². The van der Waals surface area contributed by atoms with Crippen molar-refractivity contribution in [1.82, 2.24) is 20.1 Å². The molecule has 1 aliphatic heterocycles. The quantitative estimate of drug-likeness (QED) is 0.832. The van der Waals surface area contributed by atoms with Gasteiger partial charge in [-0.15, -0.1) is 0 Å². The lowest BCUT2D eigenvalue weighted by atomic mass is 10.1. The summed E-state index contributed by atoms with van der Waals surface area (Å²) in [6.45, 7) is 9.15. The van der Waals surface area contributed by atoms with E-state index in [1.165, 1.54) is 38.3 Å². The minimum Gasteiger partial charge on any atom is -0.312 e. The first-order valence-corrected chi connectivity index (χ1v) is 7.96. The zero-order valence-electron chi connectivity index (χ0n) is 13.2. The van der Waals surface area contributed by atoms with Crippen LogP contribution in [0.2, 0.25) is 0 Å². The van der Waals surface area contributed by atoms with Gasteiger partial charge in [-0.3, -0.25) is 4.98 Å². The molecule has 0 bridgehead atoms. The van der Waals surface area contributed by atoms with E-state index in [4.69, 9.17) is 0 Å². The summed E-state index contributed by atoms with van der Waals surface area (Å²) in [5, 5.41) is 3.28. The van der Waals surface area contributed by atoms with Crippen molar-refractivity contribution in [2.75, 3.05) is 46.3 Å². The number of halogens is 1. The molecule has 0 aromatic carbocycles. The second kappa shape index (κ2) is 8.41. The first-order valence-electron chi connectivity index (χ1n) is 7.96. The van der Waals surface area contributed by atoms with Crippen LogP contribution < -0.4 is 5.32 Å². The molecular weight excluding hydrogens is 267 g/mol. The molecule has 21 heavy (non-hydrogen) atoms. The summed E-state index contributed by atoms with van der Waals surface area (Å²) in [4.78, 5) is 9.23. The third kappa shape index (κ3) is 5.02. The zero-order chi connectivity index (χ0) is 15.1. The summed E-state index contributed by atoms with van der Waals surface area (Å²) < 4.78 is 12.9. The monoisotopic (exact) mass is 294 g/mol. The van der Waals surface area contributed by atoms with E-state index in [1.54, 1.807) is 6.07 Å². The number of rotatable bonds is 7. The largest absolute Gasteiger partial charge is 0.312 e. The van der Waals surface area contributed by atoms with Crippen LogP contribution in [0.3, 0.4) is 0 Å². The van der Waals surface area contributed by atoms with E-state index < -0.39 is 0 Å². The van der Waals surface area contributed by atoms with Gasteiger partial charge in [0.1, 0.15) is 5.82 Å². The van der Waals surface area contributed by atoms with Gasteiger partial charge in [0.05, 0.1) is 17.9 Å². The molecule has 2 heterocycles. The molecule has 1 aromatic rings. The molecule has 0 saturated carbocycles. The Balaban J connectivity index is 1.77. The lowest BCUT2D eigenvalue weighted by molar-refractivity contribution is 0.128. The van der Waals surface area contributed by atoms with Crippen LogP contribution in [0, 0.1) is 5.82 Å². The standard InChI is InChI=1S/C16H27FN4/c1-3-7-20-9-11-21(12-10-20)8-6-15(18-2)16-5-4-14(17)13-19-16/h4-5,13,15,18H,3,6-12H2,1-2H3. The maximum absolute atomic E-state index is 12.9. The molecule has 0 amide bonds. The molecule has 0 spiro atoms. The summed E-state index contributed by atoms with van der Waals surface area (Å²) in [6, 6.07) is 3.45. The lowest BCUT2D eigenvalue weighted by Crippen LogP contribution is -2.47. The zero-order valence-corrected chi connectivity index (χ0v) is 13.2. The van der Waals surface area contributed by atoms with Crippen molar-refractivity contribution in [3.63, 3.8) is 0 Å². The molecule has 1 atom stereocenters. The highest BCUT2D eigenvalue weighted by Gasteiger charge is 2.18. The Morgan fingerprint density at radius 1 is 1.19 bits per heavy atom. The van der Waals surface area contributed by atoms with E-state index in [2.05, 4.69) is 27.0 Å². The van der Waals surface area contributed by atoms with Crippen LogP contribution >= 0.6 is 0 Å². The van der Waals surface area contributed by atoms with Crippen molar-refractivity contribution in [3.05, 3.63) is 29.8 Å². The maximum Gasteiger partial charge on any atom is 0.141 e. The lowest BCUT2D eigenvalue weighted by Gasteiger charge is -2.35. The average molecular weight is 294 g/mol. The van der Waals surface area contributed by atoms with Gasteiger partial charge in [0.15, 0.2) is 0 Å². The van der Waals surface area contributed by atoms with Crippen LogP contribution in [-0.4, -0.2) is 61.1 Å². The van der Waals surface area contributed by atoms with Gasteiger partial charge >= 0.3 is 0 Å². The number of pyridine rings is 1. The van der Waals surface area contributed by atoms with Crippen LogP contribution in [0.1, 0.15) is 31.5 Å². The molecule has 1 aromatic heterocycles. The van der Waals surface area contributed by atoms with E-state index in [9.17, 15) is 4.39 Å². The van der Waals surface area contributed by atoms with E-state index in [0.717, 1.165) is 31.7 Å². The summed E-state index contributed by atoms with van der Waals surface area (Å²) in [5.41, 5.74) is 0.920. The Hall–Kier alpha value is -1.04. The number of nitrogens with one attached hydrogen (secondary N) is 1. The van der Waals surface area contributed by atoms with Crippen LogP contribution in [-0.2, 0) is 0 Å². The Morgan fingerprint density at radius 2 is 1.86 bits per heavy atom. The molecule has 1 N–H and O–H groups in total. The van der Waals surface area contributed by atoms with Crippen LogP contribution in [0.25, 0.3) is 0 Å². The average Bonchev–Trinajstić information content (AvgIpc) is 2.51. The maximum atomic E-state index is 12.9. The number of piperazine rings is 1. The van der Waals surface area contributed by atoms with Crippen molar-refractivity contribution in [2.45, 2.75) is 25.8 Å². The van der Waals surface area contributed by atoms with Gasteiger partial charge in [0, 0.05) is 32.7 Å². The predicted octanol–water partition coefficient (Wildman–Crippen LogP) is 1.90. The van der Waals surface area contributed by atoms with Gasteiger partial charge in [-0.05, 0) is 38.6 Å². The van der Waals surface area contributed by atoms with Crippen molar-refractivity contribution in [3.8, 4) is 0 Å².